The lowest BCUT2D eigenvalue weighted by Gasteiger charge is -2.32. The zero-order chi connectivity index (χ0) is 18.2. The van der Waals surface area contributed by atoms with Gasteiger partial charge in [-0.25, -0.2) is 0 Å². The Morgan fingerprint density at radius 1 is 0.875 bits per heavy atom. The highest BCUT2D eigenvalue weighted by Crippen LogP contribution is 2.42. The van der Waals surface area contributed by atoms with E-state index in [0.29, 0.717) is 11.7 Å². The zero-order valence-electron chi connectivity index (χ0n) is 17.1. The summed E-state index contributed by atoms with van der Waals surface area (Å²) in [4.78, 5) is 0. The summed E-state index contributed by atoms with van der Waals surface area (Å²) in [6.45, 7) is 15.3. The summed E-state index contributed by atoms with van der Waals surface area (Å²) >= 11 is 0. The average Bonchev–Trinajstić information content (AvgIpc) is 2.71. The van der Waals surface area contributed by atoms with Crippen molar-refractivity contribution in [1.29, 1.82) is 0 Å². The lowest BCUT2D eigenvalue weighted by Crippen LogP contribution is -2.41. The van der Waals surface area contributed by atoms with E-state index in [9.17, 15) is 0 Å². The van der Waals surface area contributed by atoms with E-state index < -0.39 is 0 Å². The quantitative estimate of drug-likeness (QED) is 0.332. The molecule has 0 aromatic carbocycles. The van der Waals surface area contributed by atoms with E-state index in [0.717, 1.165) is 25.7 Å². The van der Waals surface area contributed by atoms with Crippen LogP contribution in [0.2, 0.25) is 5.82 Å². The number of rotatable bonds is 10. The van der Waals surface area contributed by atoms with Crippen LogP contribution in [-0.2, 0) is 9.31 Å². The fraction of sp³-hybridized carbons (Fsp3) is 0.810. The molecule has 0 aromatic rings. The maximum Gasteiger partial charge on any atom is 0.461 e. The highest BCUT2D eigenvalue weighted by molar-refractivity contribution is 6.47. The molecule has 0 spiro atoms. The van der Waals surface area contributed by atoms with E-state index in [-0.39, 0.29) is 18.3 Å². The Bertz CT molecular complexity index is 396. The summed E-state index contributed by atoms with van der Waals surface area (Å²) in [5.41, 5.74) is -0.477. The Kier molecular flexibility index (Phi) is 8.80. The molecule has 1 rings (SSSR count). The smallest absolute Gasteiger partial charge is 0.403 e. The van der Waals surface area contributed by atoms with Gasteiger partial charge in [-0.2, -0.15) is 0 Å². The molecule has 0 aromatic heterocycles. The molecular formula is C21H39BO2. The van der Waals surface area contributed by atoms with Gasteiger partial charge in [-0.05, 0) is 78.0 Å². The maximum atomic E-state index is 6.33. The van der Waals surface area contributed by atoms with Crippen LogP contribution in [0.3, 0.4) is 0 Å². The molecule has 0 aliphatic carbocycles. The lowest BCUT2D eigenvalue weighted by molar-refractivity contribution is 0.00578. The van der Waals surface area contributed by atoms with Gasteiger partial charge in [-0.3, -0.25) is 0 Å². The summed E-state index contributed by atoms with van der Waals surface area (Å²) in [6.07, 6.45) is 16.0. The van der Waals surface area contributed by atoms with Crippen molar-refractivity contribution in [3.63, 3.8) is 0 Å². The minimum Gasteiger partial charge on any atom is -0.403 e. The summed E-state index contributed by atoms with van der Waals surface area (Å²) in [7, 11) is -0.0925. The minimum atomic E-state index is -0.239. The monoisotopic (exact) mass is 334 g/mol. The van der Waals surface area contributed by atoms with Crippen molar-refractivity contribution in [2.24, 2.45) is 5.92 Å². The molecule has 0 N–H and O–H groups in total. The van der Waals surface area contributed by atoms with Gasteiger partial charge >= 0.3 is 7.12 Å². The van der Waals surface area contributed by atoms with E-state index >= 15 is 0 Å². The predicted molar refractivity (Wildman–Crippen MR) is 106 cm³/mol. The molecule has 1 aliphatic heterocycles. The Balaban J connectivity index is 2.67. The van der Waals surface area contributed by atoms with Crippen LogP contribution < -0.4 is 0 Å². The van der Waals surface area contributed by atoms with Gasteiger partial charge in [0, 0.05) is 0 Å². The van der Waals surface area contributed by atoms with Crippen LogP contribution in [0, 0.1) is 5.92 Å². The summed E-state index contributed by atoms with van der Waals surface area (Å²) in [5, 5.41) is 0. The number of hydrogen-bond donors (Lipinski definition) is 0. The highest BCUT2D eigenvalue weighted by Gasteiger charge is 2.53. The highest BCUT2D eigenvalue weighted by atomic mass is 16.7. The fourth-order valence-corrected chi connectivity index (χ4v) is 3.14. The first-order valence-corrected chi connectivity index (χ1v) is 9.89. The van der Waals surface area contributed by atoms with Gasteiger partial charge in [0.2, 0.25) is 0 Å². The van der Waals surface area contributed by atoms with Crippen LogP contribution in [0.1, 0.15) is 87.0 Å². The molecule has 1 aliphatic rings. The van der Waals surface area contributed by atoms with Crippen molar-refractivity contribution >= 4 is 7.12 Å². The van der Waals surface area contributed by atoms with Crippen LogP contribution in [0.15, 0.2) is 24.3 Å². The van der Waals surface area contributed by atoms with Crippen molar-refractivity contribution < 1.29 is 9.31 Å². The second-order valence-electron chi connectivity index (χ2n) is 8.30. The molecule has 24 heavy (non-hydrogen) atoms. The van der Waals surface area contributed by atoms with Gasteiger partial charge in [0.15, 0.2) is 0 Å². The molecule has 2 nitrogen and oxygen atoms in total. The molecule has 1 fully saturated rings. The molecule has 3 heteroatoms. The number of hydrogen-bond acceptors (Lipinski definition) is 2. The first-order valence-electron chi connectivity index (χ1n) is 9.89. The molecule has 0 bridgehead atoms. The van der Waals surface area contributed by atoms with Gasteiger partial charge in [-0.1, -0.05) is 45.1 Å². The molecule has 2 atom stereocenters. The van der Waals surface area contributed by atoms with Crippen LogP contribution >= 0.6 is 0 Å². The molecule has 1 heterocycles. The van der Waals surface area contributed by atoms with Gasteiger partial charge in [-0.15, -0.1) is 0 Å². The van der Waals surface area contributed by atoms with Crippen LogP contribution in [-0.4, -0.2) is 18.3 Å². The topological polar surface area (TPSA) is 18.5 Å². The second kappa shape index (κ2) is 9.82. The first-order chi connectivity index (χ1) is 11.2. The normalized spacial score (nSPS) is 22.5. The van der Waals surface area contributed by atoms with Crippen LogP contribution in [0.25, 0.3) is 0 Å². The standard InChI is InChI=1S/C21H39BO2/c1-8-10-12-14-15-18(3)17-19(16-13-11-9-2)22-23-20(4,5)21(6,7)24-22/h10-13,18-19H,8-9,14-17H2,1-7H3/b12-10-,13-11-/t18-,19-/m1/s1. The van der Waals surface area contributed by atoms with Crippen LogP contribution in [0.5, 0.6) is 0 Å². The summed E-state index contributed by atoms with van der Waals surface area (Å²) < 4.78 is 12.7. The van der Waals surface area contributed by atoms with Crippen molar-refractivity contribution in [2.45, 2.75) is 104 Å². The van der Waals surface area contributed by atoms with Crippen molar-refractivity contribution in [2.75, 3.05) is 0 Å². The van der Waals surface area contributed by atoms with Crippen molar-refractivity contribution in [1.82, 2.24) is 0 Å². The Labute approximate surface area is 151 Å². The fourth-order valence-electron chi connectivity index (χ4n) is 3.14. The van der Waals surface area contributed by atoms with Gasteiger partial charge < -0.3 is 9.31 Å². The van der Waals surface area contributed by atoms with E-state index in [1.807, 2.05) is 0 Å². The third-order valence-electron chi connectivity index (χ3n) is 5.43. The maximum absolute atomic E-state index is 6.33. The second-order valence-corrected chi connectivity index (χ2v) is 8.30. The van der Waals surface area contributed by atoms with Gasteiger partial charge in [0.1, 0.15) is 0 Å². The number of allylic oxidation sites excluding steroid dienone is 4. The summed E-state index contributed by atoms with van der Waals surface area (Å²) in [6, 6.07) is 0. The van der Waals surface area contributed by atoms with Crippen molar-refractivity contribution in [3.8, 4) is 0 Å². The van der Waals surface area contributed by atoms with Gasteiger partial charge in [0.05, 0.1) is 11.2 Å². The van der Waals surface area contributed by atoms with E-state index in [1.165, 1.54) is 12.8 Å². The SMILES string of the molecule is CC/C=C\CC[C@@H](C)C[C@@H](C/C=C\CC)B1OC(C)(C)C(C)(C)O1. The lowest BCUT2D eigenvalue weighted by atomic mass is 9.65. The Hall–Kier alpha value is -0.535. The molecular weight excluding hydrogens is 295 g/mol. The largest absolute Gasteiger partial charge is 0.461 e. The van der Waals surface area contributed by atoms with E-state index in [4.69, 9.17) is 9.31 Å². The Morgan fingerprint density at radius 3 is 1.96 bits per heavy atom. The molecule has 138 valence electrons. The Morgan fingerprint density at radius 2 is 1.42 bits per heavy atom. The van der Waals surface area contributed by atoms with Crippen molar-refractivity contribution in [3.05, 3.63) is 24.3 Å². The molecule has 0 saturated carbocycles. The molecule has 0 unspecified atom stereocenters. The van der Waals surface area contributed by atoms with Gasteiger partial charge in [0.25, 0.3) is 0 Å². The average molecular weight is 334 g/mol. The minimum absolute atomic E-state index is 0.0925. The molecule has 1 saturated heterocycles. The van der Waals surface area contributed by atoms with E-state index in [2.05, 4.69) is 72.8 Å². The van der Waals surface area contributed by atoms with Crippen LogP contribution in [0.4, 0.5) is 0 Å². The zero-order valence-corrected chi connectivity index (χ0v) is 17.1. The third-order valence-corrected chi connectivity index (χ3v) is 5.43. The molecule has 0 radical (unpaired) electrons. The molecule has 0 amide bonds. The first kappa shape index (κ1) is 21.5. The van der Waals surface area contributed by atoms with E-state index in [1.54, 1.807) is 0 Å². The third kappa shape index (κ3) is 6.40. The summed E-state index contributed by atoms with van der Waals surface area (Å²) in [5.74, 6) is 1.12. The predicted octanol–water partition coefficient (Wildman–Crippen LogP) is 6.58.